The van der Waals surface area contributed by atoms with Crippen LogP contribution in [0, 0.1) is 11.3 Å². The van der Waals surface area contributed by atoms with Crippen molar-refractivity contribution in [2.45, 2.75) is 11.9 Å². The minimum absolute atomic E-state index is 0.119. The Labute approximate surface area is 124 Å². The van der Waals surface area contributed by atoms with Crippen LogP contribution in [0.2, 0.25) is 0 Å². The molecule has 0 atom stereocenters. The summed E-state index contributed by atoms with van der Waals surface area (Å²) in [5.41, 5.74) is 0.287. The van der Waals surface area contributed by atoms with Crippen LogP contribution in [0.3, 0.4) is 0 Å². The van der Waals surface area contributed by atoms with E-state index in [9.17, 15) is 26.4 Å². The first-order valence-electron chi connectivity index (χ1n) is 5.79. The molecule has 0 saturated heterocycles. The summed E-state index contributed by atoms with van der Waals surface area (Å²) in [7, 11) is -4.14. The predicted molar refractivity (Wildman–Crippen MR) is 68.8 cm³/mol. The smallest absolute Gasteiger partial charge is 0.362 e. The maximum Gasteiger partial charge on any atom is 0.411 e. The lowest BCUT2D eigenvalue weighted by Gasteiger charge is -2.09. The van der Waals surface area contributed by atoms with E-state index in [4.69, 9.17) is 5.26 Å². The maximum absolute atomic E-state index is 11.8. The molecule has 22 heavy (non-hydrogen) atoms. The van der Waals surface area contributed by atoms with E-state index in [1.807, 2.05) is 0 Å². The minimum Gasteiger partial charge on any atom is -0.362 e. The van der Waals surface area contributed by atoms with Crippen LogP contribution in [0.1, 0.15) is 11.1 Å². The quantitative estimate of drug-likeness (QED) is 0.839. The van der Waals surface area contributed by atoms with Crippen LogP contribution in [0.25, 0.3) is 0 Å². The van der Waals surface area contributed by atoms with Crippen molar-refractivity contribution in [2.24, 2.45) is 0 Å². The van der Waals surface area contributed by atoms with E-state index in [1.54, 1.807) is 10.8 Å². The van der Waals surface area contributed by atoms with Crippen LogP contribution in [-0.2, 0) is 25.3 Å². The van der Waals surface area contributed by atoms with E-state index < -0.39 is 41.1 Å². The molecule has 0 bridgehead atoms. The number of carbonyl (C=O) groups excluding carboxylic acids is 1. The third-order valence-corrected chi connectivity index (χ3v) is 3.48. The number of nitriles is 1. The number of benzene rings is 1. The number of rotatable bonds is 6. The molecule has 0 heterocycles. The van der Waals surface area contributed by atoms with Gasteiger partial charge in [-0.15, -0.1) is 0 Å². The van der Waals surface area contributed by atoms with Gasteiger partial charge in [0.2, 0.25) is 10.0 Å². The van der Waals surface area contributed by atoms with Gasteiger partial charge in [-0.05, 0) is 11.6 Å². The number of amides is 1. The average Bonchev–Trinajstić information content (AvgIpc) is 2.36. The van der Waals surface area contributed by atoms with Gasteiger partial charge >= 0.3 is 6.18 Å². The van der Waals surface area contributed by atoms with Crippen molar-refractivity contribution in [3.63, 3.8) is 0 Å². The van der Waals surface area contributed by atoms with Gasteiger partial charge in [0.05, 0.1) is 17.4 Å². The van der Waals surface area contributed by atoms with Crippen molar-refractivity contribution in [1.82, 2.24) is 4.72 Å². The molecule has 0 aliphatic carbocycles. The highest BCUT2D eigenvalue weighted by molar-refractivity contribution is 7.89. The summed E-state index contributed by atoms with van der Waals surface area (Å²) in [6.45, 7) is -2.70. The normalized spacial score (nSPS) is 11.7. The molecule has 0 unspecified atom stereocenters. The Morgan fingerprint density at radius 1 is 1.32 bits per heavy atom. The molecule has 1 N–H and O–H groups in total. The van der Waals surface area contributed by atoms with Gasteiger partial charge in [0.25, 0.3) is 5.91 Å². The molecule has 0 spiro atoms. The summed E-state index contributed by atoms with van der Waals surface area (Å²) in [4.78, 5) is 11.2. The molecule has 6 nitrogen and oxygen atoms in total. The van der Waals surface area contributed by atoms with E-state index >= 15 is 0 Å². The highest BCUT2D eigenvalue weighted by Crippen LogP contribution is 2.14. The van der Waals surface area contributed by atoms with Gasteiger partial charge in [0.15, 0.2) is 0 Å². The SMILES string of the molecule is N#Cc1ccccc1CS(=O)(=O)NC(=O)COCC(F)(F)F. The zero-order chi connectivity index (χ0) is 16.8. The van der Waals surface area contributed by atoms with Crippen LogP contribution < -0.4 is 4.72 Å². The minimum atomic E-state index is -4.61. The molecule has 120 valence electrons. The fraction of sp³-hybridized carbons (Fsp3) is 0.333. The number of nitrogens with zero attached hydrogens (tertiary/aromatic N) is 1. The topological polar surface area (TPSA) is 96.3 Å². The van der Waals surface area contributed by atoms with Crippen LogP contribution in [0.15, 0.2) is 24.3 Å². The average molecular weight is 336 g/mol. The molecule has 1 rings (SSSR count). The van der Waals surface area contributed by atoms with E-state index in [0.29, 0.717) is 0 Å². The lowest BCUT2D eigenvalue weighted by Crippen LogP contribution is -2.35. The first-order chi connectivity index (χ1) is 10.1. The number of hydrogen-bond donors (Lipinski definition) is 1. The fourth-order valence-corrected chi connectivity index (χ4v) is 2.60. The molecule has 0 saturated carbocycles. The molecule has 0 fully saturated rings. The van der Waals surface area contributed by atoms with E-state index in [1.165, 1.54) is 24.3 Å². The van der Waals surface area contributed by atoms with Gasteiger partial charge in [0.1, 0.15) is 13.2 Å². The van der Waals surface area contributed by atoms with Crippen molar-refractivity contribution < 1.29 is 31.1 Å². The molecule has 0 aliphatic heterocycles. The van der Waals surface area contributed by atoms with Crippen molar-refractivity contribution in [3.05, 3.63) is 35.4 Å². The zero-order valence-electron chi connectivity index (χ0n) is 11.1. The predicted octanol–water partition coefficient (Wildman–Crippen LogP) is 1.08. The summed E-state index contributed by atoms with van der Waals surface area (Å²) in [5.74, 6) is -1.87. The maximum atomic E-state index is 11.8. The summed E-state index contributed by atoms with van der Waals surface area (Å²) in [6, 6.07) is 7.64. The monoisotopic (exact) mass is 336 g/mol. The number of sulfonamides is 1. The van der Waals surface area contributed by atoms with E-state index in [-0.39, 0.29) is 11.1 Å². The third kappa shape index (κ3) is 6.55. The van der Waals surface area contributed by atoms with Crippen LogP contribution in [0.4, 0.5) is 13.2 Å². The van der Waals surface area contributed by atoms with Gasteiger partial charge in [-0.25, -0.2) is 8.42 Å². The molecule has 1 amide bonds. The molecule has 1 aromatic carbocycles. The van der Waals surface area contributed by atoms with Gasteiger partial charge in [-0.1, -0.05) is 18.2 Å². The number of carbonyl (C=O) groups is 1. The highest BCUT2D eigenvalue weighted by Gasteiger charge is 2.28. The molecule has 0 aromatic heterocycles. The highest BCUT2D eigenvalue weighted by atomic mass is 32.2. The number of ether oxygens (including phenoxy) is 1. The fourth-order valence-electron chi connectivity index (χ4n) is 1.46. The largest absolute Gasteiger partial charge is 0.411 e. The first kappa shape index (κ1) is 17.9. The standard InChI is InChI=1S/C12H11F3N2O4S/c13-12(14,15)8-21-6-11(18)17-22(19,20)7-10-4-2-1-3-9(10)5-16/h1-4H,6-8H2,(H,17,18). The van der Waals surface area contributed by atoms with Crippen molar-refractivity contribution >= 4 is 15.9 Å². The van der Waals surface area contributed by atoms with E-state index in [2.05, 4.69) is 4.74 Å². The molecule has 0 aliphatic rings. The Morgan fingerprint density at radius 2 is 1.95 bits per heavy atom. The molecule has 0 radical (unpaired) electrons. The number of halogens is 3. The second kappa shape index (κ2) is 7.24. The Bertz CT molecular complexity index is 680. The molecule has 10 heteroatoms. The second-order valence-electron chi connectivity index (χ2n) is 4.16. The number of nitrogens with one attached hydrogen (secondary N) is 1. The third-order valence-electron chi connectivity index (χ3n) is 2.25. The Kier molecular flexibility index (Phi) is 5.90. The first-order valence-corrected chi connectivity index (χ1v) is 7.44. The van der Waals surface area contributed by atoms with E-state index in [0.717, 1.165) is 0 Å². The lowest BCUT2D eigenvalue weighted by atomic mass is 10.1. The Morgan fingerprint density at radius 3 is 2.55 bits per heavy atom. The molecular weight excluding hydrogens is 325 g/mol. The Hall–Kier alpha value is -2.12. The summed E-state index contributed by atoms with van der Waals surface area (Å²) >= 11 is 0. The summed E-state index contributed by atoms with van der Waals surface area (Å²) < 4.78 is 64.5. The summed E-state index contributed by atoms with van der Waals surface area (Å²) in [5, 5.41) is 8.83. The van der Waals surface area contributed by atoms with Crippen LogP contribution in [-0.4, -0.2) is 33.7 Å². The number of alkyl halides is 3. The van der Waals surface area contributed by atoms with Crippen LogP contribution >= 0.6 is 0 Å². The Balaban J connectivity index is 2.61. The van der Waals surface area contributed by atoms with Gasteiger partial charge in [-0.3, -0.25) is 9.52 Å². The van der Waals surface area contributed by atoms with Gasteiger partial charge < -0.3 is 4.74 Å². The van der Waals surface area contributed by atoms with Crippen molar-refractivity contribution in [3.8, 4) is 6.07 Å². The molecular formula is C12H11F3N2O4S. The zero-order valence-corrected chi connectivity index (χ0v) is 11.9. The van der Waals surface area contributed by atoms with Crippen molar-refractivity contribution in [1.29, 1.82) is 5.26 Å². The number of hydrogen-bond acceptors (Lipinski definition) is 5. The van der Waals surface area contributed by atoms with Crippen LogP contribution in [0.5, 0.6) is 0 Å². The summed E-state index contributed by atoms with van der Waals surface area (Å²) in [6.07, 6.45) is -4.61. The van der Waals surface area contributed by atoms with Crippen molar-refractivity contribution in [2.75, 3.05) is 13.2 Å². The van der Waals surface area contributed by atoms with Gasteiger partial charge in [-0.2, -0.15) is 18.4 Å². The lowest BCUT2D eigenvalue weighted by molar-refractivity contribution is -0.175. The second-order valence-corrected chi connectivity index (χ2v) is 5.88. The molecule has 1 aromatic rings. The van der Waals surface area contributed by atoms with Gasteiger partial charge in [0, 0.05) is 0 Å².